The first-order valence-electron chi connectivity index (χ1n) is 16.4. The average molecular weight is 686 g/mol. The van der Waals surface area contributed by atoms with E-state index in [4.69, 9.17) is 28.4 Å². The zero-order chi connectivity index (χ0) is 35.3. The van der Waals surface area contributed by atoms with Gasteiger partial charge in [0.15, 0.2) is 0 Å². The maximum Gasteiger partial charge on any atom is 0.410 e. The van der Waals surface area contributed by atoms with Crippen LogP contribution in [0.25, 0.3) is 0 Å². The molecule has 1 aliphatic heterocycles. The summed E-state index contributed by atoms with van der Waals surface area (Å²) in [5.41, 5.74) is 2.34. The average Bonchev–Trinajstić information content (AvgIpc) is 3.53. The van der Waals surface area contributed by atoms with Crippen molar-refractivity contribution < 1.29 is 33.2 Å². The molecule has 1 saturated heterocycles. The molecule has 9 heteroatoms. The molecule has 1 aliphatic rings. The van der Waals surface area contributed by atoms with Gasteiger partial charge in [0.05, 0.1) is 40.9 Å². The van der Waals surface area contributed by atoms with Crippen LogP contribution in [0.1, 0.15) is 43.4 Å². The van der Waals surface area contributed by atoms with Crippen molar-refractivity contribution in [1.29, 1.82) is 0 Å². The van der Waals surface area contributed by atoms with Crippen LogP contribution in [-0.4, -0.2) is 70.9 Å². The van der Waals surface area contributed by atoms with E-state index in [9.17, 15) is 4.79 Å². The van der Waals surface area contributed by atoms with Gasteiger partial charge >= 0.3 is 6.09 Å². The highest BCUT2D eigenvalue weighted by Gasteiger charge is 2.48. The number of nitrogens with zero attached hydrogens (tertiary/aromatic N) is 1. The summed E-state index contributed by atoms with van der Waals surface area (Å²) >= 11 is 0. The summed E-state index contributed by atoms with van der Waals surface area (Å²) in [5.74, 6) is 3.13. The number of ether oxygens (including phenoxy) is 6. The second-order valence-electron chi connectivity index (χ2n) is 13.2. The van der Waals surface area contributed by atoms with Crippen LogP contribution in [0.15, 0.2) is 84.9 Å². The minimum absolute atomic E-state index is 0.0814. The second-order valence-corrected chi connectivity index (χ2v) is 15.5. The van der Waals surface area contributed by atoms with Gasteiger partial charge in [0, 0.05) is 42.4 Å². The number of carbonyl (C=O) groups excluding carboxylic acids is 1. The summed E-state index contributed by atoms with van der Waals surface area (Å²) in [7, 11) is 7.14. The Kier molecular flexibility index (Phi) is 11.3. The molecule has 4 aromatic rings. The number of aryl methyl sites for hydroxylation is 1. The number of likely N-dealkylation sites (tertiary alicyclic amines) is 1. The van der Waals surface area contributed by atoms with Crippen molar-refractivity contribution in [3.05, 3.63) is 102 Å². The first-order valence-corrected chi connectivity index (χ1v) is 17.8. The summed E-state index contributed by atoms with van der Waals surface area (Å²) in [5, 5.41) is 2.08. The van der Waals surface area contributed by atoms with Crippen molar-refractivity contribution in [2.75, 3.05) is 48.6 Å². The topological polar surface area (TPSA) is 75.7 Å². The molecule has 0 aromatic heterocycles. The molecular weight excluding hydrogens is 637 g/mol. The van der Waals surface area contributed by atoms with Crippen molar-refractivity contribution in [1.82, 2.24) is 4.90 Å². The minimum Gasteiger partial charge on any atom is -0.496 e. The maximum absolute atomic E-state index is 14.0. The highest BCUT2D eigenvalue weighted by Crippen LogP contribution is 2.56. The summed E-state index contributed by atoms with van der Waals surface area (Å²) in [6.45, 7) is 8.63. The normalized spacial score (nSPS) is 17.2. The predicted molar refractivity (Wildman–Crippen MR) is 196 cm³/mol. The molecule has 1 fully saturated rings. The molecule has 0 aliphatic carbocycles. The third-order valence-electron chi connectivity index (χ3n) is 8.87. The Morgan fingerprint density at radius 3 is 1.76 bits per heavy atom. The van der Waals surface area contributed by atoms with Crippen molar-refractivity contribution in [3.63, 3.8) is 0 Å². The Bertz CT molecular complexity index is 1670. The fraction of sp³-hybridized carbons (Fsp3) is 0.375. The number of hydrogen-bond donors (Lipinski definition) is 0. The van der Waals surface area contributed by atoms with Gasteiger partial charge in [-0.05, 0) is 70.1 Å². The van der Waals surface area contributed by atoms with Crippen LogP contribution in [0.5, 0.6) is 28.7 Å². The van der Waals surface area contributed by atoms with Gasteiger partial charge in [0.1, 0.15) is 34.3 Å². The Morgan fingerprint density at radius 2 is 1.27 bits per heavy atom. The Labute approximate surface area is 292 Å². The molecule has 1 amide bonds. The molecule has 4 atom stereocenters. The van der Waals surface area contributed by atoms with Crippen molar-refractivity contribution in [2.45, 2.75) is 44.9 Å². The van der Waals surface area contributed by atoms with E-state index in [0.717, 1.165) is 38.8 Å². The molecular formula is C40H48NO7P. The molecule has 0 saturated carbocycles. The number of amides is 1. The first kappa shape index (κ1) is 35.9. The fourth-order valence-corrected chi connectivity index (χ4v) is 10.1. The van der Waals surface area contributed by atoms with Gasteiger partial charge in [-0.1, -0.05) is 60.7 Å². The molecule has 0 spiro atoms. The number of carbonyl (C=O) groups is 1. The van der Waals surface area contributed by atoms with Crippen LogP contribution in [0.3, 0.4) is 0 Å². The van der Waals surface area contributed by atoms with E-state index in [1.165, 1.54) is 0 Å². The van der Waals surface area contributed by atoms with Gasteiger partial charge in [-0.15, -0.1) is 0 Å². The summed E-state index contributed by atoms with van der Waals surface area (Å²) in [6.07, 6.45) is -0.341. The van der Waals surface area contributed by atoms with E-state index < -0.39 is 13.5 Å². The van der Waals surface area contributed by atoms with Crippen LogP contribution in [0.2, 0.25) is 0 Å². The van der Waals surface area contributed by atoms with Gasteiger partial charge in [0.2, 0.25) is 0 Å². The Hall–Kier alpha value is -4.42. The lowest BCUT2D eigenvalue weighted by atomic mass is 9.78. The van der Waals surface area contributed by atoms with Crippen LogP contribution in [0, 0.1) is 12.8 Å². The summed E-state index contributed by atoms with van der Waals surface area (Å²) in [6, 6.07) is 28.8. The smallest absolute Gasteiger partial charge is 0.410 e. The monoisotopic (exact) mass is 685 g/mol. The standard InChI is InChI=1S/C40H48NO7P/c1-26-20-31(44-6)37(32(21-26)45-7)36(27-16-12-10-13-17-27)30-24-41(39(42)48-40(2,3)4)25-35(30)49(29-18-14-11-15-19-29)38-33(46-8)22-28(43-5)23-34(38)47-9/h10-23,30,35-36H,24-25H2,1-9H3/t30-,35-,36?,49+/m1/s1. The zero-order valence-electron chi connectivity index (χ0n) is 30.0. The zero-order valence-corrected chi connectivity index (χ0v) is 30.9. The van der Waals surface area contributed by atoms with Crippen molar-refractivity contribution >= 4 is 24.6 Å². The molecule has 1 unspecified atom stereocenters. The number of rotatable bonds is 11. The van der Waals surface area contributed by atoms with Crippen LogP contribution in [0.4, 0.5) is 4.79 Å². The highest BCUT2D eigenvalue weighted by molar-refractivity contribution is 7.74. The van der Waals surface area contributed by atoms with Gasteiger partial charge < -0.3 is 33.3 Å². The molecule has 0 radical (unpaired) electrons. The molecule has 49 heavy (non-hydrogen) atoms. The second kappa shape index (κ2) is 15.4. The molecule has 4 aromatic carbocycles. The Morgan fingerprint density at radius 1 is 0.735 bits per heavy atom. The number of hydrogen-bond acceptors (Lipinski definition) is 7. The van der Waals surface area contributed by atoms with Crippen molar-refractivity contribution in [2.24, 2.45) is 5.92 Å². The highest BCUT2D eigenvalue weighted by atomic mass is 31.1. The van der Waals surface area contributed by atoms with Gasteiger partial charge in [0.25, 0.3) is 0 Å². The summed E-state index contributed by atoms with van der Waals surface area (Å²) < 4.78 is 36.0. The predicted octanol–water partition coefficient (Wildman–Crippen LogP) is 7.54. The van der Waals surface area contributed by atoms with Crippen molar-refractivity contribution in [3.8, 4) is 28.7 Å². The van der Waals surface area contributed by atoms with E-state index in [0.29, 0.717) is 30.3 Å². The maximum atomic E-state index is 14.0. The van der Waals surface area contributed by atoms with Gasteiger partial charge in [-0.2, -0.15) is 0 Å². The molecule has 260 valence electrons. The molecule has 0 bridgehead atoms. The number of benzene rings is 4. The van der Waals surface area contributed by atoms with E-state index in [-0.39, 0.29) is 23.6 Å². The fourth-order valence-electron chi connectivity index (χ4n) is 6.85. The molecule has 5 rings (SSSR count). The molecule has 8 nitrogen and oxygen atoms in total. The van der Waals surface area contributed by atoms with Gasteiger partial charge in [-0.3, -0.25) is 0 Å². The first-order chi connectivity index (χ1) is 23.5. The van der Waals surface area contributed by atoms with Crippen LogP contribution >= 0.6 is 7.92 Å². The van der Waals surface area contributed by atoms with Gasteiger partial charge in [-0.25, -0.2) is 4.79 Å². The SMILES string of the molecule is COc1cc(OC)c([P@@](c2ccccc2)[C@@H]2CN(C(=O)OC(C)(C)C)C[C@H]2C(c2ccccc2)c2c(OC)cc(C)cc2OC)c(OC)c1. The largest absolute Gasteiger partial charge is 0.496 e. The van der Waals surface area contributed by atoms with E-state index in [2.05, 4.69) is 60.7 Å². The van der Waals surface area contributed by atoms with E-state index in [1.54, 1.807) is 35.5 Å². The van der Waals surface area contributed by atoms with Crippen LogP contribution in [-0.2, 0) is 4.74 Å². The lowest BCUT2D eigenvalue weighted by Crippen LogP contribution is -2.36. The lowest BCUT2D eigenvalue weighted by Gasteiger charge is -2.36. The minimum atomic E-state index is -1.23. The quantitative estimate of drug-likeness (QED) is 0.151. The third-order valence-corrected chi connectivity index (χ3v) is 11.9. The molecule has 0 N–H and O–H groups in total. The lowest BCUT2D eigenvalue weighted by molar-refractivity contribution is 0.0287. The third kappa shape index (κ3) is 7.75. The van der Waals surface area contributed by atoms with E-state index in [1.807, 2.05) is 56.9 Å². The Balaban J connectivity index is 1.82. The van der Waals surface area contributed by atoms with E-state index >= 15 is 0 Å². The number of methoxy groups -OCH3 is 5. The summed E-state index contributed by atoms with van der Waals surface area (Å²) in [4.78, 5) is 15.8. The van der Waals surface area contributed by atoms with Crippen LogP contribution < -0.4 is 34.3 Å². The molecule has 1 heterocycles.